The minimum atomic E-state index is -0.225. The molecule has 0 heterocycles. The molecule has 0 aliphatic heterocycles. The van der Waals surface area contributed by atoms with E-state index in [0.29, 0.717) is 18.7 Å². The largest absolute Gasteiger partial charge is 0.352 e. The molecule has 0 bridgehead atoms. The molecule has 6 nitrogen and oxygen atoms in total. The van der Waals surface area contributed by atoms with Crippen molar-refractivity contribution < 1.29 is 9.59 Å². The molecule has 4 N–H and O–H groups in total. The average molecular weight is 320 g/mol. The van der Waals surface area contributed by atoms with Crippen molar-refractivity contribution in [2.75, 3.05) is 27.2 Å². The van der Waals surface area contributed by atoms with Gasteiger partial charge in [-0.3, -0.25) is 9.59 Å². The van der Waals surface area contributed by atoms with Gasteiger partial charge in [-0.1, -0.05) is 19.1 Å². The number of nitrogens with two attached hydrogens (primary N) is 1. The number of likely N-dealkylation sites (N-methyl/N-ethyl adjacent to an activating group) is 1. The molecular formula is C17H28N4O2. The number of hydrogen-bond acceptors (Lipinski definition) is 4. The van der Waals surface area contributed by atoms with E-state index < -0.39 is 0 Å². The van der Waals surface area contributed by atoms with Gasteiger partial charge in [0.15, 0.2) is 0 Å². The van der Waals surface area contributed by atoms with Crippen LogP contribution in [0.2, 0.25) is 0 Å². The van der Waals surface area contributed by atoms with Crippen LogP contribution in [-0.2, 0) is 11.3 Å². The lowest BCUT2D eigenvalue weighted by molar-refractivity contribution is -0.125. The first kappa shape index (κ1) is 19.1. The third kappa shape index (κ3) is 6.80. The normalized spacial score (nSPS) is 13.5. The van der Waals surface area contributed by atoms with Gasteiger partial charge in [-0.05, 0) is 38.7 Å². The molecule has 6 heteroatoms. The summed E-state index contributed by atoms with van der Waals surface area (Å²) in [6, 6.07) is 7.04. The van der Waals surface area contributed by atoms with Gasteiger partial charge >= 0.3 is 0 Å². The Hall–Kier alpha value is -1.92. The highest BCUT2D eigenvalue weighted by Crippen LogP contribution is 2.06. The van der Waals surface area contributed by atoms with Crippen molar-refractivity contribution in [2.45, 2.75) is 26.4 Å². The van der Waals surface area contributed by atoms with Gasteiger partial charge < -0.3 is 21.3 Å². The molecule has 0 saturated carbocycles. The van der Waals surface area contributed by atoms with Crippen LogP contribution >= 0.6 is 0 Å². The average Bonchev–Trinajstić information content (AvgIpc) is 2.51. The number of hydrogen-bond donors (Lipinski definition) is 3. The number of carbonyl (C=O) groups is 2. The van der Waals surface area contributed by atoms with Crippen LogP contribution in [0, 0.1) is 5.92 Å². The second-order valence-corrected chi connectivity index (χ2v) is 6.12. The number of nitrogens with one attached hydrogen (secondary N) is 2. The Morgan fingerprint density at radius 3 is 2.26 bits per heavy atom. The highest BCUT2D eigenvalue weighted by molar-refractivity contribution is 5.94. The quantitative estimate of drug-likeness (QED) is 0.654. The van der Waals surface area contributed by atoms with E-state index in [0.717, 1.165) is 12.1 Å². The highest BCUT2D eigenvalue weighted by Gasteiger charge is 2.16. The number of carbonyl (C=O) groups excluding carboxylic acids is 2. The van der Waals surface area contributed by atoms with E-state index in [1.54, 1.807) is 19.1 Å². The van der Waals surface area contributed by atoms with Crippen LogP contribution in [0.1, 0.15) is 29.8 Å². The first-order chi connectivity index (χ1) is 10.8. The maximum Gasteiger partial charge on any atom is 0.251 e. The zero-order valence-corrected chi connectivity index (χ0v) is 14.4. The van der Waals surface area contributed by atoms with Gasteiger partial charge in [0.25, 0.3) is 5.91 Å². The van der Waals surface area contributed by atoms with E-state index in [1.807, 2.05) is 38.1 Å². The van der Waals surface area contributed by atoms with Gasteiger partial charge in [0.1, 0.15) is 0 Å². The van der Waals surface area contributed by atoms with Gasteiger partial charge in [0, 0.05) is 37.2 Å². The fourth-order valence-corrected chi connectivity index (χ4v) is 1.86. The van der Waals surface area contributed by atoms with Crippen LogP contribution in [0.4, 0.5) is 0 Å². The standard InChI is InChI=1S/C17H28N4O2/c1-12(13(2)18)16(22)20-11-14-5-7-15(8-6-14)17(23)19-9-10-21(3)4/h5-8,12-13H,9-11,18H2,1-4H3,(H,19,23)(H,20,22). The molecule has 128 valence electrons. The van der Waals surface area contributed by atoms with Crippen LogP contribution in [0.15, 0.2) is 24.3 Å². The van der Waals surface area contributed by atoms with E-state index in [1.165, 1.54) is 0 Å². The molecule has 0 aliphatic rings. The first-order valence-electron chi connectivity index (χ1n) is 7.86. The summed E-state index contributed by atoms with van der Waals surface area (Å²) in [5.74, 6) is -0.379. The predicted octanol–water partition coefficient (Wildman–Crippen LogP) is 0.578. The van der Waals surface area contributed by atoms with Gasteiger partial charge in [-0.25, -0.2) is 0 Å². The molecule has 0 radical (unpaired) electrons. The van der Waals surface area contributed by atoms with E-state index in [4.69, 9.17) is 5.73 Å². The molecule has 0 aromatic heterocycles. The van der Waals surface area contributed by atoms with Crippen LogP contribution in [0.5, 0.6) is 0 Å². The molecule has 2 unspecified atom stereocenters. The molecule has 23 heavy (non-hydrogen) atoms. The van der Waals surface area contributed by atoms with Gasteiger partial charge in [0.2, 0.25) is 5.91 Å². The predicted molar refractivity (Wildman–Crippen MR) is 92.0 cm³/mol. The Labute approximate surface area is 138 Å². The molecule has 2 atom stereocenters. The molecule has 1 rings (SSSR count). The van der Waals surface area contributed by atoms with Crippen LogP contribution < -0.4 is 16.4 Å². The smallest absolute Gasteiger partial charge is 0.251 e. The second-order valence-electron chi connectivity index (χ2n) is 6.12. The minimum absolute atomic E-state index is 0.0643. The van der Waals surface area contributed by atoms with Crippen molar-refractivity contribution in [3.8, 4) is 0 Å². The lowest BCUT2D eigenvalue weighted by Gasteiger charge is -2.15. The summed E-state index contributed by atoms with van der Waals surface area (Å²) < 4.78 is 0. The maximum absolute atomic E-state index is 12.0. The second kappa shape index (κ2) is 9.27. The van der Waals surface area contributed by atoms with Crippen molar-refractivity contribution in [3.63, 3.8) is 0 Å². The molecule has 1 aromatic rings. The van der Waals surface area contributed by atoms with Gasteiger partial charge in [-0.2, -0.15) is 0 Å². The molecule has 0 saturated heterocycles. The maximum atomic E-state index is 12.0. The molecule has 1 aromatic carbocycles. The molecule has 2 amide bonds. The number of benzene rings is 1. The number of nitrogens with zero attached hydrogens (tertiary/aromatic N) is 1. The van der Waals surface area contributed by atoms with Crippen molar-refractivity contribution in [1.29, 1.82) is 0 Å². The number of rotatable bonds is 8. The SMILES string of the molecule is CC(N)C(C)C(=O)NCc1ccc(C(=O)NCCN(C)C)cc1. The highest BCUT2D eigenvalue weighted by atomic mass is 16.2. The Kier molecular flexibility index (Phi) is 7.71. The van der Waals surface area contributed by atoms with E-state index in [-0.39, 0.29) is 23.8 Å². The minimum Gasteiger partial charge on any atom is -0.352 e. The third-order valence-corrected chi connectivity index (χ3v) is 3.73. The summed E-state index contributed by atoms with van der Waals surface area (Å²) in [7, 11) is 3.92. The Morgan fingerprint density at radius 2 is 1.74 bits per heavy atom. The Bertz CT molecular complexity index is 512. The topological polar surface area (TPSA) is 87.5 Å². The Morgan fingerprint density at radius 1 is 1.13 bits per heavy atom. The first-order valence-corrected chi connectivity index (χ1v) is 7.86. The van der Waals surface area contributed by atoms with Crippen molar-refractivity contribution >= 4 is 11.8 Å². The van der Waals surface area contributed by atoms with Crippen molar-refractivity contribution in [1.82, 2.24) is 15.5 Å². The zero-order chi connectivity index (χ0) is 17.4. The fourth-order valence-electron chi connectivity index (χ4n) is 1.86. The van der Waals surface area contributed by atoms with Gasteiger partial charge in [0.05, 0.1) is 0 Å². The van der Waals surface area contributed by atoms with Crippen LogP contribution in [0.25, 0.3) is 0 Å². The van der Waals surface area contributed by atoms with Crippen LogP contribution in [0.3, 0.4) is 0 Å². The Balaban J connectivity index is 2.47. The lowest BCUT2D eigenvalue weighted by atomic mass is 10.0. The van der Waals surface area contributed by atoms with Crippen molar-refractivity contribution in [2.24, 2.45) is 11.7 Å². The molecule has 0 spiro atoms. The third-order valence-electron chi connectivity index (χ3n) is 3.73. The summed E-state index contributed by atoms with van der Waals surface area (Å²) in [4.78, 5) is 25.8. The molecule has 0 fully saturated rings. The summed E-state index contributed by atoms with van der Waals surface area (Å²) in [5.41, 5.74) is 7.27. The zero-order valence-electron chi connectivity index (χ0n) is 14.4. The van der Waals surface area contributed by atoms with Gasteiger partial charge in [-0.15, -0.1) is 0 Å². The fraction of sp³-hybridized carbons (Fsp3) is 0.529. The lowest BCUT2D eigenvalue weighted by Crippen LogP contribution is -2.38. The van der Waals surface area contributed by atoms with E-state index in [2.05, 4.69) is 10.6 Å². The summed E-state index contributed by atoms with van der Waals surface area (Å²) in [5, 5.41) is 5.71. The summed E-state index contributed by atoms with van der Waals surface area (Å²) in [6.45, 7) is 5.46. The number of amides is 2. The van der Waals surface area contributed by atoms with Crippen molar-refractivity contribution in [3.05, 3.63) is 35.4 Å². The molecular weight excluding hydrogens is 292 g/mol. The monoisotopic (exact) mass is 320 g/mol. The summed E-state index contributed by atoms with van der Waals surface area (Å²) in [6.07, 6.45) is 0. The van der Waals surface area contributed by atoms with E-state index in [9.17, 15) is 9.59 Å². The van der Waals surface area contributed by atoms with Crippen LogP contribution in [-0.4, -0.2) is 49.9 Å². The van der Waals surface area contributed by atoms with E-state index >= 15 is 0 Å². The summed E-state index contributed by atoms with van der Waals surface area (Å²) >= 11 is 0. The molecule has 0 aliphatic carbocycles.